The maximum Gasteiger partial charge on any atom is 0.417 e. The lowest BCUT2D eigenvalue weighted by Crippen LogP contribution is -2.61. The van der Waals surface area contributed by atoms with E-state index in [0.29, 0.717) is 25.7 Å². The largest absolute Gasteiger partial charge is 0.417 e. The van der Waals surface area contributed by atoms with Crippen LogP contribution in [0.1, 0.15) is 64.2 Å². The molecule has 9 heteroatoms. The predicted octanol–water partition coefficient (Wildman–Crippen LogP) is 5.16. The van der Waals surface area contributed by atoms with Gasteiger partial charge in [-0.05, 0) is 25.7 Å². The molecule has 0 aliphatic heterocycles. The average molecular weight is 374 g/mol. The van der Waals surface area contributed by atoms with Crippen LogP contribution in [-0.4, -0.2) is 41.4 Å². The van der Waals surface area contributed by atoms with E-state index >= 15 is 0 Å². The van der Waals surface area contributed by atoms with E-state index in [-0.39, 0.29) is 12.1 Å². The Morgan fingerprint density at radius 3 is 1.44 bits per heavy atom. The normalized spacial score (nSPS) is 21.4. The van der Waals surface area contributed by atoms with E-state index in [9.17, 15) is 31.1 Å². The van der Waals surface area contributed by atoms with Crippen molar-refractivity contribution in [3.63, 3.8) is 0 Å². The van der Waals surface area contributed by atoms with Crippen molar-refractivity contribution >= 4 is 6.03 Å². The Kier molecular flexibility index (Phi) is 6.48. The summed E-state index contributed by atoms with van der Waals surface area (Å²) in [7, 11) is 0. The molecule has 146 valence electrons. The Balaban J connectivity index is 2.18. The lowest BCUT2D eigenvalue weighted by atomic mass is 9.89. The number of carbonyl (C=O) groups excluding carboxylic acids is 1. The van der Waals surface area contributed by atoms with Crippen LogP contribution < -0.4 is 5.32 Å². The van der Waals surface area contributed by atoms with Gasteiger partial charge in [0.1, 0.15) is 0 Å². The molecule has 0 radical (unpaired) electrons. The molecule has 2 saturated carbocycles. The SMILES string of the molecule is O=C(NC(C(F)(F)F)C(F)(F)F)N(C1CCCCC1)C1CCCCC1. The summed E-state index contributed by atoms with van der Waals surface area (Å²) in [5.41, 5.74) is 0. The fraction of sp³-hybridized carbons (Fsp3) is 0.938. The molecule has 3 nitrogen and oxygen atoms in total. The van der Waals surface area contributed by atoms with Crippen molar-refractivity contribution in [2.24, 2.45) is 0 Å². The Morgan fingerprint density at radius 2 is 1.12 bits per heavy atom. The van der Waals surface area contributed by atoms with Crippen LogP contribution in [0.3, 0.4) is 0 Å². The van der Waals surface area contributed by atoms with Crippen molar-refractivity contribution in [2.45, 2.75) is 94.7 Å². The lowest BCUT2D eigenvalue weighted by Gasteiger charge is -2.42. The summed E-state index contributed by atoms with van der Waals surface area (Å²) in [6.45, 7) is 0. The summed E-state index contributed by atoms with van der Waals surface area (Å²) in [6.07, 6.45) is -3.32. The van der Waals surface area contributed by atoms with Crippen molar-refractivity contribution in [3.8, 4) is 0 Å². The molecule has 0 heterocycles. The summed E-state index contributed by atoms with van der Waals surface area (Å²) >= 11 is 0. The average Bonchev–Trinajstić information content (AvgIpc) is 2.53. The van der Waals surface area contributed by atoms with E-state index in [2.05, 4.69) is 0 Å². The molecule has 25 heavy (non-hydrogen) atoms. The quantitative estimate of drug-likeness (QED) is 0.680. The van der Waals surface area contributed by atoms with Gasteiger partial charge in [0, 0.05) is 12.1 Å². The molecule has 0 aromatic heterocycles. The number of nitrogens with zero attached hydrogens (tertiary/aromatic N) is 1. The molecule has 2 aliphatic rings. The smallest absolute Gasteiger partial charge is 0.319 e. The maximum atomic E-state index is 12.8. The second-order valence-corrected chi connectivity index (χ2v) is 6.96. The van der Waals surface area contributed by atoms with Crippen LogP contribution in [0.15, 0.2) is 0 Å². The molecule has 2 fully saturated rings. The molecule has 0 saturated heterocycles. The Hall–Kier alpha value is -1.15. The fourth-order valence-corrected chi connectivity index (χ4v) is 3.90. The molecule has 0 atom stereocenters. The van der Waals surface area contributed by atoms with E-state index in [1.807, 2.05) is 0 Å². The number of urea groups is 1. The first-order chi connectivity index (χ1) is 11.6. The molecule has 0 bridgehead atoms. The van der Waals surface area contributed by atoms with Crippen molar-refractivity contribution in [1.82, 2.24) is 10.2 Å². The van der Waals surface area contributed by atoms with Gasteiger partial charge in [-0.25, -0.2) is 4.79 Å². The number of carbonyl (C=O) groups is 1. The number of amides is 2. The van der Waals surface area contributed by atoms with Gasteiger partial charge in [0.15, 0.2) is 0 Å². The highest BCUT2D eigenvalue weighted by molar-refractivity contribution is 5.75. The van der Waals surface area contributed by atoms with E-state index in [0.717, 1.165) is 38.5 Å². The molecule has 0 unspecified atom stereocenters. The lowest BCUT2D eigenvalue weighted by molar-refractivity contribution is -0.255. The zero-order valence-corrected chi connectivity index (χ0v) is 13.9. The first-order valence-electron chi connectivity index (χ1n) is 8.83. The van der Waals surface area contributed by atoms with Gasteiger partial charge in [0.2, 0.25) is 6.04 Å². The van der Waals surface area contributed by atoms with E-state index < -0.39 is 24.4 Å². The van der Waals surface area contributed by atoms with Gasteiger partial charge in [0.05, 0.1) is 0 Å². The molecular weight excluding hydrogens is 350 g/mol. The predicted molar refractivity (Wildman–Crippen MR) is 80.0 cm³/mol. The van der Waals surface area contributed by atoms with Crippen molar-refractivity contribution in [2.75, 3.05) is 0 Å². The van der Waals surface area contributed by atoms with Gasteiger partial charge in [0.25, 0.3) is 0 Å². The highest BCUT2D eigenvalue weighted by Crippen LogP contribution is 2.35. The molecule has 2 aliphatic carbocycles. The molecule has 0 aromatic rings. The van der Waals surface area contributed by atoms with Gasteiger partial charge in [-0.3, -0.25) is 0 Å². The number of rotatable bonds is 3. The number of alkyl halides is 6. The fourth-order valence-electron chi connectivity index (χ4n) is 3.90. The third-order valence-corrected chi connectivity index (χ3v) is 5.09. The van der Waals surface area contributed by atoms with Crippen LogP contribution in [0.4, 0.5) is 31.1 Å². The van der Waals surface area contributed by atoms with Gasteiger partial charge >= 0.3 is 18.4 Å². The van der Waals surface area contributed by atoms with Gasteiger partial charge in [-0.15, -0.1) is 0 Å². The van der Waals surface area contributed by atoms with Crippen molar-refractivity contribution < 1.29 is 31.1 Å². The maximum absolute atomic E-state index is 12.8. The Morgan fingerprint density at radius 1 is 0.760 bits per heavy atom. The third-order valence-electron chi connectivity index (χ3n) is 5.09. The summed E-state index contributed by atoms with van der Waals surface area (Å²) < 4.78 is 76.6. The van der Waals surface area contributed by atoms with Crippen LogP contribution in [0.25, 0.3) is 0 Å². The van der Waals surface area contributed by atoms with Crippen LogP contribution >= 0.6 is 0 Å². The zero-order valence-electron chi connectivity index (χ0n) is 13.9. The van der Waals surface area contributed by atoms with E-state index in [1.54, 1.807) is 0 Å². The number of hydrogen-bond donors (Lipinski definition) is 1. The molecular formula is C16H24F6N2O. The summed E-state index contributed by atoms with van der Waals surface area (Å²) in [6, 6.07) is -5.63. The Bertz CT molecular complexity index is 407. The number of hydrogen-bond acceptors (Lipinski definition) is 1. The Labute approximate surface area is 143 Å². The third kappa shape index (κ3) is 5.41. The molecule has 0 aromatic carbocycles. The zero-order chi connectivity index (χ0) is 18.7. The first-order valence-corrected chi connectivity index (χ1v) is 8.83. The highest BCUT2D eigenvalue weighted by Gasteiger charge is 2.58. The first kappa shape index (κ1) is 20.2. The van der Waals surface area contributed by atoms with E-state index in [4.69, 9.17) is 0 Å². The second-order valence-electron chi connectivity index (χ2n) is 6.96. The molecule has 0 spiro atoms. The summed E-state index contributed by atoms with van der Waals surface area (Å²) in [5, 5.41) is 1.23. The van der Waals surface area contributed by atoms with Gasteiger partial charge in [-0.2, -0.15) is 26.3 Å². The van der Waals surface area contributed by atoms with Gasteiger partial charge < -0.3 is 10.2 Å². The van der Waals surface area contributed by atoms with Crippen LogP contribution in [0, 0.1) is 0 Å². The number of halogens is 6. The van der Waals surface area contributed by atoms with Crippen molar-refractivity contribution in [1.29, 1.82) is 0 Å². The standard InChI is InChI=1S/C16H24F6N2O/c17-15(18,19)13(16(20,21)22)23-14(25)24(11-7-3-1-4-8-11)12-9-5-2-6-10-12/h11-13H,1-10H2,(H,23,25). The van der Waals surface area contributed by atoms with Crippen molar-refractivity contribution in [3.05, 3.63) is 0 Å². The number of nitrogens with one attached hydrogen (secondary N) is 1. The minimum atomic E-state index is -5.57. The minimum Gasteiger partial charge on any atom is -0.319 e. The monoisotopic (exact) mass is 374 g/mol. The summed E-state index contributed by atoms with van der Waals surface area (Å²) in [4.78, 5) is 13.8. The molecule has 1 N–H and O–H groups in total. The molecule has 2 rings (SSSR count). The second kappa shape index (κ2) is 8.03. The summed E-state index contributed by atoms with van der Waals surface area (Å²) in [5.74, 6) is 0. The minimum absolute atomic E-state index is 0.279. The molecule has 2 amide bonds. The highest BCUT2D eigenvalue weighted by atomic mass is 19.4. The van der Waals surface area contributed by atoms with Gasteiger partial charge in [-0.1, -0.05) is 38.5 Å². The van der Waals surface area contributed by atoms with E-state index in [1.165, 1.54) is 10.2 Å². The topological polar surface area (TPSA) is 32.3 Å². The van der Waals surface area contributed by atoms with Crippen LogP contribution in [-0.2, 0) is 0 Å². The van der Waals surface area contributed by atoms with Crippen LogP contribution in [0.5, 0.6) is 0 Å². The van der Waals surface area contributed by atoms with Crippen LogP contribution in [0.2, 0.25) is 0 Å².